The van der Waals surface area contributed by atoms with Crippen LogP contribution >= 0.6 is 0 Å². The first-order valence-corrected chi connectivity index (χ1v) is 6.89. The second-order valence-electron chi connectivity index (χ2n) is 5.67. The Kier molecular flexibility index (Phi) is 3.90. The minimum absolute atomic E-state index is 0.0547. The zero-order chi connectivity index (χ0) is 13.2. The van der Waals surface area contributed by atoms with Gasteiger partial charge in [0.05, 0.1) is 5.41 Å². The topological polar surface area (TPSA) is 84.2 Å². The molecular weight excluding hydrogens is 230 g/mol. The maximum atomic E-state index is 12.2. The fourth-order valence-electron chi connectivity index (χ4n) is 2.54. The SMILES string of the molecule is CC(NC(=O)C1(CN)CCCC1)C(=O)NC1CC1. The second-order valence-corrected chi connectivity index (χ2v) is 5.67. The summed E-state index contributed by atoms with van der Waals surface area (Å²) in [5.41, 5.74) is 5.31. The molecule has 2 saturated carbocycles. The normalized spacial score (nSPS) is 23.4. The Morgan fingerprint density at radius 2 is 1.94 bits per heavy atom. The molecule has 0 heterocycles. The zero-order valence-electron chi connectivity index (χ0n) is 11.0. The average molecular weight is 253 g/mol. The van der Waals surface area contributed by atoms with E-state index in [1.54, 1.807) is 6.92 Å². The molecule has 0 spiro atoms. The van der Waals surface area contributed by atoms with Crippen molar-refractivity contribution in [3.63, 3.8) is 0 Å². The standard InChI is InChI=1S/C13H23N3O2/c1-9(11(17)16-10-4-5-10)15-12(18)13(8-14)6-2-3-7-13/h9-10H,2-8,14H2,1H3,(H,15,18)(H,16,17). The highest BCUT2D eigenvalue weighted by Gasteiger charge is 2.40. The molecule has 0 aromatic carbocycles. The molecule has 18 heavy (non-hydrogen) atoms. The molecule has 102 valence electrons. The van der Waals surface area contributed by atoms with Gasteiger partial charge in [0.25, 0.3) is 0 Å². The third kappa shape index (κ3) is 2.83. The Morgan fingerprint density at radius 1 is 1.33 bits per heavy atom. The summed E-state index contributed by atoms with van der Waals surface area (Å²) in [5, 5.41) is 5.71. The van der Waals surface area contributed by atoms with Gasteiger partial charge in [0.2, 0.25) is 11.8 Å². The van der Waals surface area contributed by atoms with Crippen molar-refractivity contribution in [2.75, 3.05) is 6.54 Å². The van der Waals surface area contributed by atoms with Crippen LogP contribution in [0.1, 0.15) is 45.4 Å². The quantitative estimate of drug-likeness (QED) is 0.658. The summed E-state index contributed by atoms with van der Waals surface area (Å²) >= 11 is 0. The highest BCUT2D eigenvalue weighted by atomic mass is 16.2. The first kappa shape index (κ1) is 13.3. The van der Waals surface area contributed by atoms with Crippen LogP contribution in [-0.4, -0.2) is 30.4 Å². The number of amides is 2. The van der Waals surface area contributed by atoms with Crippen molar-refractivity contribution in [2.45, 2.75) is 57.5 Å². The highest BCUT2D eigenvalue weighted by molar-refractivity contribution is 5.90. The molecule has 5 nitrogen and oxygen atoms in total. The molecule has 1 atom stereocenters. The van der Waals surface area contributed by atoms with Gasteiger partial charge in [-0.3, -0.25) is 9.59 Å². The molecular formula is C13H23N3O2. The van der Waals surface area contributed by atoms with Crippen molar-refractivity contribution in [1.29, 1.82) is 0 Å². The summed E-state index contributed by atoms with van der Waals surface area (Å²) in [5.74, 6) is -0.142. The van der Waals surface area contributed by atoms with Crippen molar-refractivity contribution < 1.29 is 9.59 Å². The molecule has 0 radical (unpaired) electrons. The fraction of sp³-hybridized carbons (Fsp3) is 0.846. The predicted molar refractivity (Wildman–Crippen MR) is 68.7 cm³/mol. The first-order valence-electron chi connectivity index (χ1n) is 6.89. The Balaban J connectivity index is 1.86. The first-order chi connectivity index (χ1) is 8.57. The second kappa shape index (κ2) is 5.26. The van der Waals surface area contributed by atoms with E-state index in [4.69, 9.17) is 5.73 Å². The van der Waals surface area contributed by atoms with E-state index in [2.05, 4.69) is 10.6 Å². The highest BCUT2D eigenvalue weighted by Crippen LogP contribution is 2.37. The Morgan fingerprint density at radius 3 is 2.44 bits per heavy atom. The van der Waals surface area contributed by atoms with Crippen LogP contribution in [0.5, 0.6) is 0 Å². The van der Waals surface area contributed by atoms with Crippen molar-refractivity contribution in [3.05, 3.63) is 0 Å². The molecule has 0 bridgehead atoms. The number of nitrogens with one attached hydrogen (secondary N) is 2. The lowest BCUT2D eigenvalue weighted by Crippen LogP contribution is -2.52. The van der Waals surface area contributed by atoms with E-state index >= 15 is 0 Å². The number of nitrogens with two attached hydrogens (primary N) is 1. The molecule has 2 rings (SSSR count). The zero-order valence-corrected chi connectivity index (χ0v) is 11.0. The van der Waals surface area contributed by atoms with E-state index in [-0.39, 0.29) is 11.8 Å². The molecule has 0 aromatic heterocycles. The molecule has 0 saturated heterocycles. The van der Waals surface area contributed by atoms with E-state index in [1.165, 1.54) is 0 Å². The third-order valence-corrected chi connectivity index (χ3v) is 4.10. The predicted octanol–water partition coefficient (Wildman–Crippen LogP) is 0.289. The van der Waals surface area contributed by atoms with Crippen LogP contribution in [0, 0.1) is 5.41 Å². The average Bonchev–Trinajstić information content (AvgIpc) is 3.03. The molecule has 2 aliphatic carbocycles. The largest absolute Gasteiger partial charge is 0.352 e. The van der Waals surface area contributed by atoms with Crippen LogP contribution in [0.4, 0.5) is 0 Å². The number of hydrogen-bond acceptors (Lipinski definition) is 3. The molecule has 2 amide bonds. The lowest BCUT2D eigenvalue weighted by Gasteiger charge is -2.27. The lowest BCUT2D eigenvalue weighted by atomic mass is 9.85. The van der Waals surface area contributed by atoms with Crippen molar-refractivity contribution in [3.8, 4) is 0 Å². The van der Waals surface area contributed by atoms with Gasteiger partial charge in [-0.1, -0.05) is 12.8 Å². The van der Waals surface area contributed by atoms with Gasteiger partial charge in [-0.2, -0.15) is 0 Å². The van der Waals surface area contributed by atoms with Gasteiger partial charge in [0.1, 0.15) is 6.04 Å². The van der Waals surface area contributed by atoms with Gasteiger partial charge in [-0.05, 0) is 32.6 Å². The minimum Gasteiger partial charge on any atom is -0.352 e. The molecule has 2 aliphatic rings. The minimum atomic E-state index is -0.470. The Labute approximate surface area is 108 Å². The number of hydrogen-bond donors (Lipinski definition) is 3. The molecule has 1 unspecified atom stereocenters. The van der Waals surface area contributed by atoms with E-state index in [0.29, 0.717) is 12.6 Å². The van der Waals surface area contributed by atoms with Crippen molar-refractivity contribution >= 4 is 11.8 Å². The van der Waals surface area contributed by atoms with Crippen LogP contribution < -0.4 is 16.4 Å². The maximum Gasteiger partial charge on any atom is 0.242 e. The molecule has 0 aromatic rings. The number of carbonyl (C=O) groups excluding carboxylic acids is 2. The van der Waals surface area contributed by atoms with E-state index < -0.39 is 11.5 Å². The number of rotatable bonds is 5. The van der Waals surface area contributed by atoms with Crippen molar-refractivity contribution in [2.24, 2.45) is 11.1 Å². The summed E-state index contributed by atoms with van der Waals surface area (Å²) in [4.78, 5) is 24.0. The maximum absolute atomic E-state index is 12.2. The molecule has 5 heteroatoms. The van der Waals surface area contributed by atoms with E-state index in [9.17, 15) is 9.59 Å². The smallest absolute Gasteiger partial charge is 0.242 e. The Hall–Kier alpha value is -1.10. The Bertz CT molecular complexity index is 333. The summed E-state index contributed by atoms with van der Waals surface area (Å²) in [6.45, 7) is 2.10. The summed E-state index contributed by atoms with van der Waals surface area (Å²) in [6, 6.07) is -0.145. The van der Waals surface area contributed by atoms with Crippen LogP contribution in [0.3, 0.4) is 0 Å². The molecule has 4 N–H and O–H groups in total. The lowest BCUT2D eigenvalue weighted by molar-refractivity contribution is -0.134. The number of carbonyl (C=O) groups is 2. The van der Waals surface area contributed by atoms with Gasteiger partial charge in [0, 0.05) is 12.6 Å². The van der Waals surface area contributed by atoms with Crippen molar-refractivity contribution in [1.82, 2.24) is 10.6 Å². The van der Waals surface area contributed by atoms with Crippen LogP contribution in [0.15, 0.2) is 0 Å². The fourth-order valence-corrected chi connectivity index (χ4v) is 2.54. The van der Waals surface area contributed by atoms with E-state index in [0.717, 1.165) is 38.5 Å². The van der Waals surface area contributed by atoms with Crippen LogP contribution in [-0.2, 0) is 9.59 Å². The summed E-state index contributed by atoms with van der Waals surface area (Å²) in [6.07, 6.45) is 5.89. The van der Waals surface area contributed by atoms with Gasteiger partial charge >= 0.3 is 0 Å². The summed E-state index contributed by atoms with van der Waals surface area (Å²) in [7, 11) is 0. The third-order valence-electron chi connectivity index (χ3n) is 4.10. The van der Waals surface area contributed by atoms with Crippen LogP contribution in [0.2, 0.25) is 0 Å². The van der Waals surface area contributed by atoms with Crippen LogP contribution in [0.25, 0.3) is 0 Å². The molecule has 2 fully saturated rings. The van der Waals surface area contributed by atoms with Gasteiger partial charge in [0.15, 0.2) is 0 Å². The monoisotopic (exact) mass is 253 g/mol. The van der Waals surface area contributed by atoms with Gasteiger partial charge < -0.3 is 16.4 Å². The molecule has 0 aliphatic heterocycles. The van der Waals surface area contributed by atoms with E-state index in [1.807, 2.05) is 0 Å². The van der Waals surface area contributed by atoms with Gasteiger partial charge in [-0.15, -0.1) is 0 Å². The van der Waals surface area contributed by atoms with Gasteiger partial charge in [-0.25, -0.2) is 0 Å². The summed E-state index contributed by atoms with van der Waals surface area (Å²) < 4.78 is 0.